The highest BCUT2D eigenvalue weighted by Crippen LogP contribution is 2.36. The van der Waals surface area contributed by atoms with Gasteiger partial charge in [-0.2, -0.15) is 0 Å². The number of carbonyl (C=O) groups is 1. The first kappa shape index (κ1) is 15.8. The SMILES string of the molecule is O=C(O)CON=CCc1ccc(C2CCCCC2)c(Cl)c1. The number of oxime groups is 1. The van der Waals surface area contributed by atoms with E-state index in [0.29, 0.717) is 12.3 Å². The van der Waals surface area contributed by atoms with Gasteiger partial charge in [-0.25, -0.2) is 4.79 Å². The molecule has 5 heteroatoms. The van der Waals surface area contributed by atoms with Gasteiger partial charge in [-0.1, -0.05) is 48.2 Å². The molecule has 1 saturated carbocycles. The molecule has 0 radical (unpaired) electrons. The smallest absolute Gasteiger partial charge is 0.344 e. The van der Waals surface area contributed by atoms with Gasteiger partial charge in [0.15, 0.2) is 0 Å². The van der Waals surface area contributed by atoms with E-state index in [0.717, 1.165) is 10.6 Å². The Balaban J connectivity index is 1.90. The van der Waals surface area contributed by atoms with Crippen LogP contribution < -0.4 is 0 Å². The predicted molar refractivity (Wildman–Crippen MR) is 83.1 cm³/mol. The van der Waals surface area contributed by atoms with Crippen molar-refractivity contribution < 1.29 is 14.7 Å². The molecule has 0 aromatic heterocycles. The lowest BCUT2D eigenvalue weighted by atomic mass is 9.84. The topological polar surface area (TPSA) is 58.9 Å². The van der Waals surface area contributed by atoms with Crippen molar-refractivity contribution in [3.8, 4) is 0 Å². The van der Waals surface area contributed by atoms with E-state index in [1.165, 1.54) is 37.7 Å². The summed E-state index contributed by atoms with van der Waals surface area (Å²) in [7, 11) is 0. The Morgan fingerprint density at radius 2 is 2.14 bits per heavy atom. The summed E-state index contributed by atoms with van der Waals surface area (Å²) in [4.78, 5) is 14.9. The molecule has 0 amide bonds. The Kier molecular flexibility index (Phi) is 6.05. The summed E-state index contributed by atoms with van der Waals surface area (Å²) in [6, 6.07) is 6.13. The van der Waals surface area contributed by atoms with Gasteiger partial charge in [0, 0.05) is 17.7 Å². The highest BCUT2D eigenvalue weighted by Gasteiger charge is 2.17. The molecule has 1 aliphatic carbocycles. The third-order valence-corrected chi connectivity index (χ3v) is 4.10. The van der Waals surface area contributed by atoms with E-state index in [1.807, 2.05) is 6.07 Å². The maximum Gasteiger partial charge on any atom is 0.344 e. The molecule has 2 rings (SSSR count). The molecule has 114 valence electrons. The van der Waals surface area contributed by atoms with E-state index in [9.17, 15) is 4.79 Å². The number of halogens is 1. The third-order valence-electron chi connectivity index (χ3n) is 3.77. The predicted octanol–water partition coefficient (Wildman–Crippen LogP) is 4.02. The van der Waals surface area contributed by atoms with Crippen LogP contribution in [-0.4, -0.2) is 23.9 Å². The summed E-state index contributed by atoms with van der Waals surface area (Å²) in [6.45, 7) is -0.419. The van der Waals surface area contributed by atoms with E-state index < -0.39 is 12.6 Å². The molecule has 1 aromatic carbocycles. The summed E-state index contributed by atoms with van der Waals surface area (Å²) in [5.41, 5.74) is 2.29. The molecule has 0 unspecified atom stereocenters. The van der Waals surface area contributed by atoms with E-state index in [2.05, 4.69) is 22.1 Å². The van der Waals surface area contributed by atoms with Crippen molar-refractivity contribution in [1.82, 2.24) is 0 Å². The summed E-state index contributed by atoms with van der Waals surface area (Å²) in [5.74, 6) is -0.445. The van der Waals surface area contributed by atoms with Gasteiger partial charge in [-0.05, 0) is 36.0 Å². The van der Waals surface area contributed by atoms with E-state index in [4.69, 9.17) is 16.7 Å². The molecule has 0 aliphatic heterocycles. The number of benzene rings is 1. The van der Waals surface area contributed by atoms with Crippen LogP contribution in [0.4, 0.5) is 0 Å². The highest BCUT2D eigenvalue weighted by molar-refractivity contribution is 6.31. The zero-order valence-electron chi connectivity index (χ0n) is 11.9. The van der Waals surface area contributed by atoms with Crippen molar-refractivity contribution in [3.63, 3.8) is 0 Å². The fourth-order valence-corrected chi connectivity index (χ4v) is 3.09. The quantitative estimate of drug-likeness (QED) is 0.638. The first-order valence-electron chi connectivity index (χ1n) is 7.30. The second kappa shape index (κ2) is 8.03. The molecule has 0 bridgehead atoms. The molecule has 0 saturated heterocycles. The lowest BCUT2D eigenvalue weighted by molar-refractivity contribution is -0.142. The van der Waals surface area contributed by atoms with Crippen molar-refractivity contribution in [2.24, 2.45) is 5.16 Å². The van der Waals surface area contributed by atoms with Crippen LogP contribution in [0.3, 0.4) is 0 Å². The average Bonchev–Trinajstić information content (AvgIpc) is 2.47. The maximum absolute atomic E-state index is 10.2. The largest absolute Gasteiger partial charge is 0.479 e. The van der Waals surface area contributed by atoms with Crippen LogP contribution in [0.25, 0.3) is 0 Å². The Morgan fingerprint density at radius 1 is 1.38 bits per heavy atom. The lowest BCUT2D eigenvalue weighted by Crippen LogP contribution is -2.05. The molecule has 1 fully saturated rings. The van der Waals surface area contributed by atoms with Gasteiger partial charge >= 0.3 is 5.97 Å². The summed E-state index contributed by atoms with van der Waals surface area (Å²) in [6.07, 6.45) is 8.48. The minimum Gasteiger partial charge on any atom is -0.479 e. The van der Waals surface area contributed by atoms with Gasteiger partial charge in [0.25, 0.3) is 0 Å². The van der Waals surface area contributed by atoms with Crippen LogP contribution in [0.5, 0.6) is 0 Å². The van der Waals surface area contributed by atoms with Crippen LogP contribution in [0, 0.1) is 0 Å². The molecule has 21 heavy (non-hydrogen) atoms. The van der Waals surface area contributed by atoms with E-state index in [-0.39, 0.29) is 0 Å². The molecule has 4 nitrogen and oxygen atoms in total. The van der Waals surface area contributed by atoms with Crippen molar-refractivity contribution in [2.45, 2.75) is 44.4 Å². The van der Waals surface area contributed by atoms with Crippen LogP contribution in [0.2, 0.25) is 5.02 Å². The third kappa shape index (κ3) is 5.05. The summed E-state index contributed by atoms with van der Waals surface area (Å²) in [5, 5.41) is 12.8. The van der Waals surface area contributed by atoms with Gasteiger partial charge < -0.3 is 9.94 Å². The molecular weight excluding hydrogens is 290 g/mol. The van der Waals surface area contributed by atoms with Crippen LogP contribution >= 0.6 is 11.6 Å². The monoisotopic (exact) mass is 309 g/mol. The zero-order chi connectivity index (χ0) is 15.1. The molecule has 1 aromatic rings. The number of hydrogen-bond donors (Lipinski definition) is 1. The van der Waals surface area contributed by atoms with Gasteiger partial charge in [0.05, 0.1) is 0 Å². The Morgan fingerprint density at radius 3 is 2.81 bits per heavy atom. The number of carboxylic acids is 1. The summed E-state index contributed by atoms with van der Waals surface area (Å²) < 4.78 is 0. The number of rotatable bonds is 6. The number of aliphatic carboxylic acids is 1. The van der Waals surface area contributed by atoms with Crippen molar-refractivity contribution in [2.75, 3.05) is 6.61 Å². The van der Waals surface area contributed by atoms with Crippen molar-refractivity contribution >= 4 is 23.8 Å². The highest BCUT2D eigenvalue weighted by atomic mass is 35.5. The Bertz CT molecular complexity index is 510. The zero-order valence-corrected chi connectivity index (χ0v) is 12.7. The second-order valence-corrected chi connectivity index (χ2v) is 5.76. The van der Waals surface area contributed by atoms with E-state index >= 15 is 0 Å². The lowest BCUT2D eigenvalue weighted by Gasteiger charge is -2.23. The minimum atomic E-state index is -1.04. The average molecular weight is 310 g/mol. The first-order chi connectivity index (χ1) is 10.2. The van der Waals surface area contributed by atoms with Crippen LogP contribution in [0.15, 0.2) is 23.4 Å². The molecule has 1 N–H and O–H groups in total. The molecular formula is C16H20ClNO3. The Hall–Kier alpha value is -1.55. The van der Waals surface area contributed by atoms with E-state index in [1.54, 1.807) is 6.21 Å². The van der Waals surface area contributed by atoms with Gasteiger partial charge in [-0.15, -0.1) is 0 Å². The van der Waals surface area contributed by atoms with Crippen LogP contribution in [-0.2, 0) is 16.1 Å². The number of hydrogen-bond acceptors (Lipinski definition) is 3. The minimum absolute atomic E-state index is 0.419. The number of nitrogens with zero attached hydrogens (tertiary/aromatic N) is 1. The van der Waals surface area contributed by atoms with Gasteiger partial charge in [0.1, 0.15) is 0 Å². The molecule has 1 aliphatic rings. The molecule has 0 heterocycles. The second-order valence-electron chi connectivity index (χ2n) is 5.35. The fourth-order valence-electron chi connectivity index (χ4n) is 2.73. The van der Waals surface area contributed by atoms with Crippen molar-refractivity contribution in [3.05, 3.63) is 34.3 Å². The molecule has 0 spiro atoms. The number of carboxylic acid groups (broad SMARTS) is 1. The van der Waals surface area contributed by atoms with Crippen LogP contribution in [0.1, 0.15) is 49.1 Å². The van der Waals surface area contributed by atoms with Gasteiger partial charge in [-0.3, -0.25) is 0 Å². The maximum atomic E-state index is 10.2. The fraction of sp³-hybridized carbons (Fsp3) is 0.500. The summed E-state index contributed by atoms with van der Waals surface area (Å²) >= 11 is 6.39. The standard InChI is InChI=1S/C16H20ClNO3/c17-15-10-12(8-9-18-21-11-16(19)20)6-7-14(15)13-4-2-1-3-5-13/h6-7,9-10,13H,1-5,8,11H2,(H,19,20). The van der Waals surface area contributed by atoms with Gasteiger partial charge in [0.2, 0.25) is 6.61 Å². The molecule has 0 atom stereocenters. The first-order valence-corrected chi connectivity index (χ1v) is 7.68. The normalized spacial score (nSPS) is 16.2. The van der Waals surface area contributed by atoms with Crippen molar-refractivity contribution in [1.29, 1.82) is 0 Å². The Labute approximate surface area is 129 Å².